The Bertz CT molecular complexity index is 441. The first kappa shape index (κ1) is 17.6. The molecule has 1 aromatic rings. The van der Waals surface area contributed by atoms with E-state index in [1.807, 2.05) is 0 Å². The number of hydrogen-bond acceptors (Lipinski definition) is 1. The molecule has 0 spiro atoms. The molecule has 0 saturated heterocycles. The summed E-state index contributed by atoms with van der Waals surface area (Å²) in [5, 5.41) is 4.66. The first-order chi connectivity index (χ1) is 10.2. The van der Waals surface area contributed by atoms with Crippen LogP contribution in [0.3, 0.4) is 0 Å². The SMILES string of the molecule is CCCNC(c1ccc(I)c(Cl)c1)C1CCC(CC)CC1. The Morgan fingerprint density at radius 2 is 1.95 bits per heavy atom. The summed E-state index contributed by atoms with van der Waals surface area (Å²) in [6, 6.07) is 7.05. The van der Waals surface area contributed by atoms with Gasteiger partial charge in [0, 0.05) is 9.61 Å². The van der Waals surface area contributed by atoms with Crippen LogP contribution in [0, 0.1) is 15.4 Å². The molecule has 3 heteroatoms. The molecule has 1 fully saturated rings. The maximum Gasteiger partial charge on any atom is 0.0542 e. The average molecular weight is 420 g/mol. The van der Waals surface area contributed by atoms with Crippen LogP contribution < -0.4 is 5.32 Å². The Balaban J connectivity index is 2.12. The summed E-state index contributed by atoms with van der Waals surface area (Å²) in [7, 11) is 0. The van der Waals surface area contributed by atoms with Crippen LogP contribution in [0.4, 0.5) is 0 Å². The Morgan fingerprint density at radius 3 is 2.52 bits per heavy atom. The molecular formula is C18H27ClIN. The van der Waals surface area contributed by atoms with Crippen LogP contribution in [0.25, 0.3) is 0 Å². The summed E-state index contributed by atoms with van der Waals surface area (Å²) in [6.45, 7) is 5.65. The van der Waals surface area contributed by atoms with Crippen molar-refractivity contribution in [1.29, 1.82) is 0 Å². The third-order valence-electron chi connectivity index (χ3n) is 4.86. The molecule has 1 aliphatic carbocycles. The molecule has 1 atom stereocenters. The van der Waals surface area contributed by atoms with Crippen molar-refractivity contribution in [2.45, 2.75) is 58.4 Å². The molecule has 0 heterocycles. The highest BCUT2D eigenvalue weighted by Crippen LogP contribution is 2.38. The molecule has 0 radical (unpaired) electrons. The molecule has 2 rings (SSSR count). The summed E-state index contributed by atoms with van der Waals surface area (Å²) in [5.41, 5.74) is 1.37. The topological polar surface area (TPSA) is 12.0 Å². The van der Waals surface area contributed by atoms with Crippen molar-refractivity contribution in [3.05, 3.63) is 32.4 Å². The van der Waals surface area contributed by atoms with Crippen molar-refractivity contribution in [3.63, 3.8) is 0 Å². The van der Waals surface area contributed by atoms with Crippen LogP contribution in [0.15, 0.2) is 18.2 Å². The van der Waals surface area contributed by atoms with Gasteiger partial charge in [-0.3, -0.25) is 0 Å². The summed E-state index contributed by atoms with van der Waals surface area (Å²) in [6.07, 6.45) is 8.01. The molecule has 1 saturated carbocycles. The lowest BCUT2D eigenvalue weighted by atomic mass is 9.76. The van der Waals surface area contributed by atoms with E-state index in [0.717, 1.165) is 27.0 Å². The van der Waals surface area contributed by atoms with E-state index in [4.69, 9.17) is 11.6 Å². The molecule has 1 aromatic carbocycles. The molecule has 0 bridgehead atoms. The van der Waals surface area contributed by atoms with E-state index >= 15 is 0 Å². The van der Waals surface area contributed by atoms with E-state index < -0.39 is 0 Å². The molecule has 1 nitrogen and oxygen atoms in total. The van der Waals surface area contributed by atoms with Gasteiger partial charge in [-0.2, -0.15) is 0 Å². The van der Waals surface area contributed by atoms with Crippen LogP contribution >= 0.6 is 34.2 Å². The molecule has 21 heavy (non-hydrogen) atoms. The Hall–Kier alpha value is 0.200. The van der Waals surface area contributed by atoms with Gasteiger partial charge in [0.25, 0.3) is 0 Å². The summed E-state index contributed by atoms with van der Waals surface area (Å²) in [4.78, 5) is 0. The highest BCUT2D eigenvalue weighted by Gasteiger charge is 2.27. The van der Waals surface area contributed by atoms with Crippen molar-refractivity contribution >= 4 is 34.2 Å². The molecule has 0 aromatic heterocycles. The molecule has 0 aliphatic heterocycles. The third kappa shape index (κ3) is 4.84. The largest absolute Gasteiger partial charge is 0.310 e. The standard InChI is InChI=1S/C18H27ClIN/c1-3-11-21-18(14-7-5-13(4-2)6-8-14)15-9-10-17(20)16(19)12-15/h9-10,12-14,18,21H,3-8,11H2,1-2H3. The molecule has 118 valence electrons. The highest BCUT2D eigenvalue weighted by atomic mass is 127. The Kier molecular flexibility index (Phi) is 7.30. The highest BCUT2D eigenvalue weighted by molar-refractivity contribution is 14.1. The van der Waals surface area contributed by atoms with Gasteiger partial charge in [0.05, 0.1) is 5.02 Å². The predicted molar refractivity (Wildman–Crippen MR) is 101 cm³/mol. The van der Waals surface area contributed by atoms with Gasteiger partial charge < -0.3 is 5.32 Å². The van der Waals surface area contributed by atoms with Crippen LogP contribution in [-0.4, -0.2) is 6.54 Å². The number of nitrogens with one attached hydrogen (secondary N) is 1. The first-order valence-electron chi connectivity index (χ1n) is 8.34. The van der Waals surface area contributed by atoms with Gasteiger partial charge >= 0.3 is 0 Å². The lowest BCUT2D eigenvalue weighted by Gasteiger charge is -2.34. The fourth-order valence-electron chi connectivity index (χ4n) is 3.49. The van der Waals surface area contributed by atoms with Crippen molar-refractivity contribution in [1.82, 2.24) is 5.32 Å². The van der Waals surface area contributed by atoms with Crippen LogP contribution in [0.1, 0.15) is 64.0 Å². The number of hydrogen-bond donors (Lipinski definition) is 1. The van der Waals surface area contributed by atoms with E-state index in [1.165, 1.54) is 44.1 Å². The lowest BCUT2D eigenvalue weighted by molar-refractivity contribution is 0.219. The zero-order chi connectivity index (χ0) is 15.2. The van der Waals surface area contributed by atoms with E-state index in [-0.39, 0.29) is 0 Å². The molecule has 1 N–H and O–H groups in total. The van der Waals surface area contributed by atoms with Gasteiger partial charge in [-0.1, -0.05) is 50.8 Å². The van der Waals surface area contributed by atoms with Gasteiger partial charge in [0.1, 0.15) is 0 Å². The van der Waals surface area contributed by atoms with Gasteiger partial charge in [-0.25, -0.2) is 0 Å². The molecule has 0 amide bonds. The number of benzene rings is 1. The fraction of sp³-hybridized carbons (Fsp3) is 0.667. The Morgan fingerprint density at radius 1 is 1.24 bits per heavy atom. The minimum Gasteiger partial charge on any atom is -0.310 e. The Labute approximate surface area is 148 Å². The second-order valence-electron chi connectivity index (χ2n) is 6.29. The summed E-state index contributed by atoms with van der Waals surface area (Å²) < 4.78 is 1.14. The zero-order valence-electron chi connectivity index (χ0n) is 13.2. The van der Waals surface area contributed by atoms with Crippen molar-refractivity contribution < 1.29 is 0 Å². The monoisotopic (exact) mass is 419 g/mol. The number of halogens is 2. The van der Waals surface area contributed by atoms with Gasteiger partial charge in [0.15, 0.2) is 0 Å². The quantitative estimate of drug-likeness (QED) is 0.541. The second kappa shape index (κ2) is 8.73. The van der Waals surface area contributed by atoms with Gasteiger partial charge in [0.2, 0.25) is 0 Å². The fourth-order valence-corrected chi connectivity index (χ4v) is 4.02. The molecule has 1 aliphatic rings. The van der Waals surface area contributed by atoms with Crippen molar-refractivity contribution in [3.8, 4) is 0 Å². The average Bonchev–Trinajstić information content (AvgIpc) is 2.51. The minimum absolute atomic E-state index is 0.470. The normalized spacial score (nSPS) is 24.0. The van der Waals surface area contributed by atoms with Gasteiger partial charge in [-0.05, 0) is 77.9 Å². The third-order valence-corrected chi connectivity index (χ3v) is 6.43. The van der Waals surface area contributed by atoms with Gasteiger partial charge in [-0.15, -0.1) is 0 Å². The van der Waals surface area contributed by atoms with E-state index in [9.17, 15) is 0 Å². The maximum atomic E-state index is 6.34. The summed E-state index contributed by atoms with van der Waals surface area (Å²) >= 11 is 8.64. The maximum absolute atomic E-state index is 6.34. The van der Waals surface area contributed by atoms with E-state index in [1.54, 1.807) is 0 Å². The lowest BCUT2D eigenvalue weighted by Crippen LogP contribution is -2.31. The van der Waals surface area contributed by atoms with Crippen LogP contribution in [0.5, 0.6) is 0 Å². The molecular weight excluding hydrogens is 393 g/mol. The smallest absolute Gasteiger partial charge is 0.0542 e. The van der Waals surface area contributed by atoms with E-state index in [0.29, 0.717) is 6.04 Å². The summed E-state index contributed by atoms with van der Waals surface area (Å²) in [5.74, 6) is 1.71. The van der Waals surface area contributed by atoms with E-state index in [2.05, 4.69) is 60.0 Å². The first-order valence-corrected chi connectivity index (χ1v) is 9.79. The van der Waals surface area contributed by atoms with Crippen LogP contribution in [-0.2, 0) is 0 Å². The van der Waals surface area contributed by atoms with Crippen LogP contribution in [0.2, 0.25) is 5.02 Å². The number of rotatable bonds is 6. The zero-order valence-corrected chi connectivity index (χ0v) is 16.1. The minimum atomic E-state index is 0.470. The predicted octanol–water partition coefficient (Wildman–Crippen LogP) is 6.20. The molecule has 1 unspecified atom stereocenters. The second-order valence-corrected chi connectivity index (χ2v) is 7.86. The van der Waals surface area contributed by atoms with Crippen molar-refractivity contribution in [2.75, 3.05) is 6.54 Å². The van der Waals surface area contributed by atoms with Crippen molar-refractivity contribution in [2.24, 2.45) is 11.8 Å².